The first kappa shape index (κ1) is 25.0. The summed E-state index contributed by atoms with van der Waals surface area (Å²) in [4.78, 5) is 33.4. The zero-order valence-electron chi connectivity index (χ0n) is 21.2. The summed E-state index contributed by atoms with van der Waals surface area (Å²) < 4.78 is 1.58. The fourth-order valence-corrected chi connectivity index (χ4v) is 3.98. The quantitative estimate of drug-likeness (QED) is 0.384. The Bertz CT molecular complexity index is 1330. The number of nitrogens with one attached hydrogen (secondary N) is 1. The number of carbonyl (C=O) groups excluding carboxylic acids is 2. The van der Waals surface area contributed by atoms with E-state index in [0.29, 0.717) is 11.1 Å². The lowest BCUT2D eigenvalue weighted by Crippen LogP contribution is -2.50. The van der Waals surface area contributed by atoms with Crippen LogP contribution in [0.3, 0.4) is 0 Å². The normalized spacial score (nSPS) is 12.3. The fourth-order valence-electron chi connectivity index (χ4n) is 3.98. The Kier molecular flexibility index (Phi) is 7.43. The van der Waals surface area contributed by atoms with Crippen LogP contribution < -0.4 is 5.32 Å². The number of nitrogens with zero attached hydrogens (tertiary/aromatic N) is 5. The summed E-state index contributed by atoms with van der Waals surface area (Å²) in [5.41, 5.74) is 3.79. The predicted molar refractivity (Wildman–Crippen MR) is 139 cm³/mol. The summed E-state index contributed by atoms with van der Waals surface area (Å²) in [5.74, 6) is -0.477. The van der Waals surface area contributed by atoms with Gasteiger partial charge in [-0.15, -0.1) is 5.10 Å². The number of aromatic nitrogens is 4. The van der Waals surface area contributed by atoms with E-state index < -0.39 is 11.6 Å². The SMILES string of the molecule is CCC(C)(C)NC(=O)[C@H](c1ccncc1)N(Cc1ccc(C)cc1)C(=O)Cn1nnc2ccccc21. The molecular weight excluding hydrogens is 452 g/mol. The van der Waals surface area contributed by atoms with E-state index in [1.807, 2.05) is 76.2 Å². The maximum absolute atomic E-state index is 13.9. The van der Waals surface area contributed by atoms with E-state index >= 15 is 0 Å². The molecule has 8 nitrogen and oxygen atoms in total. The number of amides is 2. The first-order valence-corrected chi connectivity index (χ1v) is 12.1. The van der Waals surface area contributed by atoms with Gasteiger partial charge >= 0.3 is 0 Å². The highest BCUT2D eigenvalue weighted by molar-refractivity contribution is 5.89. The molecule has 2 heterocycles. The van der Waals surface area contributed by atoms with Gasteiger partial charge in [-0.3, -0.25) is 14.6 Å². The molecule has 0 saturated carbocycles. The van der Waals surface area contributed by atoms with E-state index in [1.165, 1.54) is 0 Å². The first-order valence-electron chi connectivity index (χ1n) is 12.1. The Labute approximate surface area is 211 Å². The topological polar surface area (TPSA) is 93.0 Å². The third-order valence-electron chi connectivity index (χ3n) is 6.43. The standard InChI is InChI=1S/C28H32N6O2/c1-5-28(3,4)30-27(36)26(22-14-16-29-17-15-22)33(18-21-12-10-20(2)11-13-21)25(35)19-34-24-9-7-6-8-23(24)31-32-34/h6-17,26H,5,18-19H2,1-4H3,(H,30,36)/t26-/m0/s1. The molecule has 0 aliphatic heterocycles. The molecule has 2 aromatic carbocycles. The molecule has 36 heavy (non-hydrogen) atoms. The highest BCUT2D eigenvalue weighted by Gasteiger charge is 2.34. The smallest absolute Gasteiger partial charge is 0.247 e. The lowest BCUT2D eigenvalue weighted by Gasteiger charge is -2.34. The molecule has 0 aliphatic rings. The Hall–Kier alpha value is -4.07. The second-order valence-electron chi connectivity index (χ2n) is 9.65. The molecule has 0 saturated heterocycles. The van der Waals surface area contributed by atoms with Crippen LogP contribution >= 0.6 is 0 Å². The number of rotatable bonds is 9. The Morgan fingerprint density at radius 3 is 2.42 bits per heavy atom. The molecule has 0 bridgehead atoms. The second kappa shape index (κ2) is 10.7. The van der Waals surface area contributed by atoms with E-state index in [0.717, 1.165) is 23.1 Å². The van der Waals surface area contributed by atoms with Crippen molar-refractivity contribution in [2.75, 3.05) is 0 Å². The maximum Gasteiger partial charge on any atom is 0.247 e. The molecule has 1 atom stereocenters. The van der Waals surface area contributed by atoms with Crippen LogP contribution in [-0.2, 0) is 22.7 Å². The molecule has 2 amide bonds. The molecule has 0 aliphatic carbocycles. The van der Waals surface area contributed by atoms with Gasteiger partial charge in [0, 0.05) is 24.5 Å². The molecule has 0 radical (unpaired) electrons. The Balaban J connectivity index is 1.74. The van der Waals surface area contributed by atoms with Crippen LogP contribution in [0.25, 0.3) is 11.0 Å². The zero-order chi connectivity index (χ0) is 25.7. The molecule has 0 fully saturated rings. The average Bonchev–Trinajstić information content (AvgIpc) is 3.28. The molecule has 8 heteroatoms. The van der Waals surface area contributed by atoms with Crippen LogP contribution in [-0.4, -0.2) is 42.2 Å². The van der Waals surface area contributed by atoms with Crippen molar-refractivity contribution in [2.45, 2.75) is 58.8 Å². The Morgan fingerprint density at radius 1 is 1.03 bits per heavy atom. The summed E-state index contributed by atoms with van der Waals surface area (Å²) in [6, 6.07) is 18.2. The minimum atomic E-state index is -0.845. The van der Waals surface area contributed by atoms with Crippen LogP contribution in [0.1, 0.15) is 49.9 Å². The average molecular weight is 485 g/mol. The van der Waals surface area contributed by atoms with E-state index in [-0.39, 0.29) is 24.9 Å². The number of benzene rings is 2. The van der Waals surface area contributed by atoms with Gasteiger partial charge in [0.25, 0.3) is 0 Å². The van der Waals surface area contributed by atoms with Crippen LogP contribution in [0, 0.1) is 6.92 Å². The molecule has 4 aromatic rings. The first-order chi connectivity index (χ1) is 17.3. The van der Waals surface area contributed by atoms with Crippen LogP contribution in [0.5, 0.6) is 0 Å². The number of hydrogen-bond donors (Lipinski definition) is 1. The van der Waals surface area contributed by atoms with Crippen molar-refractivity contribution in [1.82, 2.24) is 30.2 Å². The number of aryl methyl sites for hydroxylation is 1. The highest BCUT2D eigenvalue weighted by Crippen LogP contribution is 2.26. The molecular formula is C28H32N6O2. The Morgan fingerprint density at radius 2 is 1.72 bits per heavy atom. The number of fused-ring (bicyclic) bond motifs is 1. The van der Waals surface area contributed by atoms with Gasteiger partial charge in [-0.05, 0) is 62.6 Å². The summed E-state index contributed by atoms with van der Waals surface area (Å²) >= 11 is 0. The second-order valence-corrected chi connectivity index (χ2v) is 9.65. The van der Waals surface area contributed by atoms with Crippen LogP contribution in [0.15, 0.2) is 73.1 Å². The van der Waals surface area contributed by atoms with Gasteiger partial charge in [0.15, 0.2) is 0 Å². The molecule has 0 unspecified atom stereocenters. The lowest BCUT2D eigenvalue weighted by molar-refractivity contribution is -0.143. The van der Waals surface area contributed by atoms with Crippen molar-refractivity contribution >= 4 is 22.8 Å². The monoisotopic (exact) mass is 484 g/mol. The zero-order valence-corrected chi connectivity index (χ0v) is 21.2. The minimum Gasteiger partial charge on any atom is -0.349 e. The van der Waals surface area contributed by atoms with Crippen LogP contribution in [0.4, 0.5) is 0 Å². The van der Waals surface area contributed by atoms with Crippen LogP contribution in [0.2, 0.25) is 0 Å². The van der Waals surface area contributed by atoms with E-state index in [4.69, 9.17) is 0 Å². The minimum absolute atomic E-state index is 0.0432. The predicted octanol–water partition coefficient (Wildman–Crippen LogP) is 4.21. The number of para-hydroxylation sites is 1. The van der Waals surface area contributed by atoms with Gasteiger partial charge in [-0.25, -0.2) is 4.68 Å². The van der Waals surface area contributed by atoms with Gasteiger partial charge in [0.05, 0.1) is 5.52 Å². The van der Waals surface area contributed by atoms with Crippen molar-refractivity contribution in [3.05, 3.63) is 89.7 Å². The lowest BCUT2D eigenvalue weighted by atomic mass is 9.98. The van der Waals surface area contributed by atoms with E-state index in [1.54, 1.807) is 34.1 Å². The van der Waals surface area contributed by atoms with E-state index in [9.17, 15) is 9.59 Å². The third-order valence-corrected chi connectivity index (χ3v) is 6.43. The highest BCUT2D eigenvalue weighted by atomic mass is 16.2. The van der Waals surface area contributed by atoms with Gasteiger partial charge in [-0.1, -0.05) is 54.1 Å². The maximum atomic E-state index is 13.9. The van der Waals surface area contributed by atoms with Gasteiger partial charge in [-0.2, -0.15) is 0 Å². The van der Waals surface area contributed by atoms with Crippen molar-refractivity contribution in [3.63, 3.8) is 0 Å². The van der Waals surface area contributed by atoms with Gasteiger partial charge < -0.3 is 10.2 Å². The molecule has 0 spiro atoms. The number of hydrogen-bond acceptors (Lipinski definition) is 5. The largest absolute Gasteiger partial charge is 0.349 e. The third kappa shape index (κ3) is 5.76. The van der Waals surface area contributed by atoms with Crippen molar-refractivity contribution in [1.29, 1.82) is 0 Å². The number of carbonyl (C=O) groups is 2. The number of pyridine rings is 1. The van der Waals surface area contributed by atoms with Crippen molar-refractivity contribution in [2.24, 2.45) is 0 Å². The summed E-state index contributed by atoms with van der Waals surface area (Å²) in [5, 5.41) is 11.5. The van der Waals surface area contributed by atoms with Gasteiger partial charge in [0.2, 0.25) is 11.8 Å². The van der Waals surface area contributed by atoms with Gasteiger partial charge in [0.1, 0.15) is 18.1 Å². The molecule has 4 rings (SSSR count). The van der Waals surface area contributed by atoms with E-state index in [2.05, 4.69) is 20.6 Å². The van der Waals surface area contributed by atoms with Crippen molar-refractivity contribution < 1.29 is 9.59 Å². The summed E-state index contributed by atoms with van der Waals surface area (Å²) in [7, 11) is 0. The molecule has 2 aromatic heterocycles. The fraction of sp³-hybridized carbons (Fsp3) is 0.321. The molecule has 186 valence electrons. The summed E-state index contributed by atoms with van der Waals surface area (Å²) in [6.07, 6.45) is 4.03. The molecule has 1 N–H and O–H groups in total. The summed E-state index contributed by atoms with van der Waals surface area (Å²) in [6.45, 7) is 8.21. The van der Waals surface area contributed by atoms with Crippen molar-refractivity contribution in [3.8, 4) is 0 Å².